The molecule has 2 aromatic rings. The number of amides is 3. The van der Waals surface area contributed by atoms with E-state index in [0.717, 1.165) is 17.3 Å². The summed E-state index contributed by atoms with van der Waals surface area (Å²) in [6.07, 6.45) is 0. The van der Waals surface area contributed by atoms with Gasteiger partial charge in [-0.25, -0.2) is 4.79 Å². The molecule has 0 aliphatic heterocycles. The van der Waals surface area contributed by atoms with Crippen molar-refractivity contribution in [1.29, 1.82) is 0 Å². The molecular formula is C20H28N4O3S. The van der Waals surface area contributed by atoms with Crippen LogP contribution in [0.25, 0.3) is 11.5 Å². The lowest BCUT2D eigenvalue weighted by Crippen LogP contribution is -2.49. The van der Waals surface area contributed by atoms with Crippen molar-refractivity contribution in [2.45, 2.75) is 69.9 Å². The Hall–Kier alpha value is -2.35. The largest absolute Gasteiger partial charge is 0.411 e. The highest BCUT2D eigenvalue weighted by Crippen LogP contribution is 2.28. The van der Waals surface area contributed by atoms with Crippen LogP contribution in [-0.4, -0.2) is 32.9 Å². The molecule has 0 spiro atoms. The Morgan fingerprint density at radius 2 is 1.64 bits per heavy atom. The topological polar surface area (TPSA) is 97.1 Å². The highest BCUT2D eigenvalue weighted by Gasteiger charge is 2.22. The number of hydrogen-bond acceptors (Lipinski definition) is 6. The quantitative estimate of drug-likeness (QED) is 0.744. The number of carbonyl (C=O) groups excluding carboxylic acids is 2. The Morgan fingerprint density at radius 1 is 1.04 bits per heavy atom. The normalized spacial score (nSPS) is 13.1. The molecule has 3 amide bonds. The maximum Gasteiger partial charge on any atom is 0.321 e. The van der Waals surface area contributed by atoms with Crippen LogP contribution in [0.4, 0.5) is 4.79 Å². The van der Waals surface area contributed by atoms with Gasteiger partial charge < -0.3 is 9.73 Å². The molecule has 0 radical (unpaired) electrons. The van der Waals surface area contributed by atoms with Gasteiger partial charge in [0.1, 0.15) is 0 Å². The first-order chi connectivity index (χ1) is 12.8. The number of hydrogen-bond donors (Lipinski definition) is 2. The molecule has 28 heavy (non-hydrogen) atoms. The van der Waals surface area contributed by atoms with E-state index in [1.54, 1.807) is 6.92 Å². The molecule has 0 aliphatic carbocycles. The van der Waals surface area contributed by atoms with E-state index in [1.165, 1.54) is 5.56 Å². The van der Waals surface area contributed by atoms with Gasteiger partial charge in [0.05, 0.1) is 5.25 Å². The van der Waals surface area contributed by atoms with E-state index in [9.17, 15) is 9.59 Å². The van der Waals surface area contributed by atoms with Crippen molar-refractivity contribution >= 4 is 23.7 Å². The van der Waals surface area contributed by atoms with E-state index in [2.05, 4.69) is 41.6 Å². The Bertz CT molecular complexity index is 832. The van der Waals surface area contributed by atoms with Crippen LogP contribution in [0.3, 0.4) is 0 Å². The SMILES string of the molecule is C[C@@H](Sc1nnc(-c2ccc(C(C)(C)C)cc2)o1)C(=O)NC(=O)NC(C)(C)C. The average molecular weight is 405 g/mol. The summed E-state index contributed by atoms with van der Waals surface area (Å²) in [5, 5.41) is 12.7. The number of nitrogens with one attached hydrogen (secondary N) is 2. The van der Waals surface area contributed by atoms with Gasteiger partial charge in [-0.15, -0.1) is 10.2 Å². The number of carbonyl (C=O) groups is 2. The minimum Gasteiger partial charge on any atom is -0.411 e. The molecule has 0 saturated carbocycles. The predicted octanol–water partition coefficient (Wildman–Crippen LogP) is 4.14. The molecule has 0 aliphatic rings. The summed E-state index contributed by atoms with van der Waals surface area (Å²) in [4.78, 5) is 24.0. The van der Waals surface area contributed by atoms with Crippen LogP contribution in [0.15, 0.2) is 33.9 Å². The number of rotatable bonds is 4. The van der Waals surface area contributed by atoms with Gasteiger partial charge in [0.15, 0.2) is 0 Å². The fourth-order valence-corrected chi connectivity index (χ4v) is 2.96. The highest BCUT2D eigenvalue weighted by molar-refractivity contribution is 8.00. The number of imide groups is 1. The fraction of sp³-hybridized carbons (Fsp3) is 0.500. The van der Waals surface area contributed by atoms with Crippen molar-refractivity contribution < 1.29 is 14.0 Å². The molecule has 8 heteroatoms. The number of nitrogens with zero attached hydrogens (tertiary/aromatic N) is 2. The molecule has 0 bridgehead atoms. The van der Waals surface area contributed by atoms with E-state index in [0.29, 0.717) is 5.89 Å². The number of urea groups is 1. The molecule has 0 unspecified atom stereocenters. The molecule has 152 valence electrons. The second-order valence-electron chi connectivity index (χ2n) is 8.65. The van der Waals surface area contributed by atoms with Crippen LogP contribution < -0.4 is 10.6 Å². The third-order valence-electron chi connectivity index (χ3n) is 3.78. The Kier molecular flexibility index (Phi) is 6.54. The summed E-state index contributed by atoms with van der Waals surface area (Å²) in [6.45, 7) is 13.6. The lowest BCUT2D eigenvalue weighted by atomic mass is 9.87. The molecule has 0 saturated heterocycles. The molecule has 1 aromatic carbocycles. The second kappa shape index (κ2) is 8.34. The van der Waals surface area contributed by atoms with Crippen molar-refractivity contribution in [3.63, 3.8) is 0 Å². The first kappa shape index (κ1) is 21.9. The van der Waals surface area contributed by atoms with E-state index >= 15 is 0 Å². The van der Waals surface area contributed by atoms with E-state index in [4.69, 9.17) is 4.42 Å². The van der Waals surface area contributed by atoms with Crippen LogP contribution in [-0.2, 0) is 10.2 Å². The molecule has 0 fully saturated rings. The van der Waals surface area contributed by atoms with Crippen molar-refractivity contribution in [2.75, 3.05) is 0 Å². The molecule has 1 heterocycles. The molecule has 7 nitrogen and oxygen atoms in total. The van der Waals surface area contributed by atoms with Gasteiger partial charge in [0.2, 0.25) is 11.8 Å². The minimum absolute atomic E-state index is 0.0659. The van der Waals surface area contributed by atoms with Crippen LogP contribution in [0.2, 0.25) is 0 Å². The summed E-state index contributed by atoms with van der Waals surface area (Å²) in [7, 11) is 0. The van der Waals surface area contributed by atoms with Gasteiger partial charge in [-0.1, -0.05) is 44.7 Å². The summed E-state index contributed by atoms with van der Waals surface area (Å²) >= 11 is 1.10. The Labute approximate surface area is 170 Å². The smallest absolute Gasteiger partial charge is 0.321 e. The third-order valence-corrected chi connectivity index (χ3v) is 4.71. The Morgan fingerprint density at radius 3 is 2.18 bits per heavy atom. The molecule has 1 aromatic heterocycles. The monoisotopic (exact) mass is 404 g/mol. The standard InChI is InChI=1S/C20H28N4O3S/c1-12(15(25)21-17(26)22-20(5,6)7)28-18-24-23-16(27-18)13-8-10-14(11-9-13)19(2,3)4/h8-12H,1-7H3,(H2,21,22,25,26)/t12-/m1/s1. The van der Waals surface area contributed by atoms with Gasteiger partial charge in [-0.2, -0.15) is 0 Å². The van der Waals surface area contributed by atoms with Crippen LogP contribution >= 0.6 is 11.8 Å². The molecule has 1 atom stereocenters. The number of aromatic nitrogens is 2. The zero-order valence-electron chi connectivity index (χ0n) is 17.4. The summed E-state index contributed by atoms with van der Waals surface area (Å²) in [6, 6.07) is 7.42. The van der Waals surface area contributed by atoms with Crippen molar-refractivity contribution in [2.24, 2.45) is 0 Å². The maximum absolute atomic E-state index is 12.2. The van der Waals surface area contributed by atoms with E-state index < -0.39 is 22.7 Å². The minimum atomic E-state index is -0.567. The van der Waals surface area contributed by atoms with Gasteiger partial charge in [0.25, 0.3) is 5.22 Å². The zero-order valence-corrected chi connectivity index (χ0v) is 18.2. The molecule has 2 rings (SSSR count). The van der Waals surface area contributed by atoms with Crippen LogP contribution in [0.1, 0.15) is 54.0 Å². The third kappa shape index (κ3) is 6.37. The zero-order chi connectivity index (χ0) is 21.1. The first-order valence-electron chi connectivity index (χ1n) is 9.09. The second-order valence-corrected chi connectivity index (χ2v) is 9.95. The van der Waals surface area contributed by atoms with Gasteiger partial charge in [0, 0.05) is 11.1 Å². The number of benzene rings is 1. The number of thioether (sulfide) groups is 1. The highest BCUT2D eigenvalue weighted by atomic mass is 32.2. The van der Waals surface area contributed by atoms with Crippen LogP contribution in [0, 0.1) is 0 Å². The Balaban J connectivity index is 1.98. The lowest BCUT2D eigenvalue weighted by Gasteiger charge is -2.20. The van der Waals surface area contributed by atoms with E-state index in [1.807, 2.05) is 45.0 Å². The van der Waals surface area contributed by atoms with Crippen molar-refractivity contribution in [1.82, 2.24) is 20.8 Å². The summed E-state index contributed by atoms with van der Waals surface area (Å²) < 4.78 is 5.66. The average Bonchev–Trinajstić information content (AvgIpc) is 3.00. The summed E-state index contributed by atoms with van der Waals surface area (Å²) in [5.74, 6) is -0.0397. The maximum atomic E-state index is 12.2. The summed E-state index contributed by atoms with van der Waals surface area (Å²) in [5.41, 5.74) is 1.67. The van der Waals surface area contributed by atoms with E-state index in [-0.39, 0.29) is 10.6 Å². The van der Waals surface area contributed by atoms with Gasteiger partial charge in [-0.05, 0) is 50.8 Å². The first-order valence-corrected chi connectivity index (χ1v) is 9.97. The van der Waals surface area contributed by atoms with Crippen molar-refractivity contribution in [3.05, 3.63) is 29.8 Å². The van der Waals surface area contributed by atoms with Crippen molar-refractivity contribution in [3.8, 4) is 11.5 Å². The molecule has 2 N–H and O–H groups in total. The fourth-order valence-electron chi connectivity index (χ4n) is 2.28. The lowest BCUT2D eigenvalue weighted by molar-refractivity contribution is -0.119. The van der Waals surface area contributed by atoms with Crippen LogP contribution in [0.5, 0.6) is 0 Å². The van der Waals surface area contributed by atoms with Gasteiger partial charge in [-0.3, -0.25) is 10.1 Å². The van der Waals surface area contributed by atoms with Gasteiger partial charge >= 0.3 is 6.03 Å². The predicted molar refractivity (Wildman–Crippen MR) is 110 cm³/mol. The molecular weight excluding hydrogens is 376 g/mol.